The largest absolute Gasteiger partial charge is 0.444 e. The van der Waals surface area contributed by atoms with Crippen molar-refractivity contribution in [3.05, 3.63) is 10.6 Å². The Morgan fingerprint density at radius 3 is 2.53 bits per heavy atom. The highest BCUT2D eigenvalue weighted by Crippen LogP contribution is 2.23. The fourth-order valence-corrected chi connectivity index (χ4v) is 2.23. The predicted molar refractivity (Wildman–Crippen MR) is 75.0 cm³/mol. The molecule has 0 aliphatic heterocycles. The molecule has 6 nitrogen and oxygen atoms in total. The van der Waals surface area contributed by atoms with Crippen LogP contribution in [0.3, 0.4) is 0 Å². The number of carbonyl (C=O) groups excluding carboxylic acids is 2. The lowest BCUT2D eigenvalue weighted by molar-refractivity contribution is 0.0635. The van der Waals surface area contributed by atoms with E-state index in [2.05, 4.69) is 15.6 Å². The molecular formula is C12H19N3O3S. The summed E-state index contributed by atoms with van der Waals surface area (Å²) in [4.78, 5) is 28.0. The molecule has 0 saturated heterocycles. The fourth-order valence-electron chi connectivity index (χ4n) is 1.34. The van der Waals surface area contributed by atoms with Crippen LogP contribution in [0, 0.1) is 6.92 Å². The number of amides is 1. The molecular weight excluding hydrogens is 266 g/mol. The van der Waals surface area contributed by atoms with Crippen LogP contribution < -0.4 is 10.6 Å². The van der Waals surface area contributed by atoms with Gasteiger partial charge in [0.15, 0.2) is 10.9 Å². The van der Waals surface area contributed by atoms with Gasteiger partial charge in [0, 0.05) is 0 Å². The maximum atomic E-state index is 11.8. The third-order valence-corrected chi connectivity index (χ3v) is 3.11. The number of hydrogen-bond donors (Lipinski definition) is 2. The summed E-state index contributed by atoms with van der Waals surface area (Å²) in [6.07, 6.45) is -0.575. The van der Waals surface area contributed by atoms with Crippen molar-refractivity contribution < 1.29 is 14.3 Å². The van der Waals surface area contributed by atoms with E-state index in [4.69, 9.17) is 4.74 Å². The van der Waals surface area contributed by atoms with E-state index in [1.54, 1.807) is 34.7 Å². The number of ketones is 1. The number of anilines is 1. The zero-order valence-electron chi connectivity index (χ0n) is 11.8. The van der Waals surface area contributed by atoms with Crippen LogP contribution in [0.5, 0.6) is 0 Å². The van der Waals surface area contributed by atoms with Crippen LogP contribution >= 0.6 is 11.3 Å². The van der Waals surface area contributed by atoms with Crippen molar-refractivity contribution in [2.24, 2.45) is 0 Å². The molecule has 1 amide bonds. The van der Waals surface area contributed by atoms with Crippen molar-refractivity contribution in [3.8, 4) is 0 Å². The Bertz CT molecular complexity index is 477. The SMILES string of the molecule is CNCC(=O)c1sc(NC(=O)OC(C)(C)C)nc1C. The number of hydrogen-bond acceptors (Lipinski definition) is 6. The molecule has 0 aliphatic carbocycles. The standard InChI is InChI=1S/C12H19N3O3S/c1-7-9(8(16)6-13-5)19-10(14-7)15-11(17)18-12(2,3)4/h13H,6H2,1-5H3,(H,14,15,17). The minimum Gasteiger partial charge on any atom is -0.444 e. The maximum absolute atomic E-state index is 11.8. The molecule has 1 aromatic heterocycles. The van der Waals surface area contributed by atoms with Crippen LogP contribution in [0.2, 0.25) is 0 Å². The van der Waals surface area contributed by atoms with Gasteiger partial charge in [0.1, 0.15) is 5.60 Å². The van der Waals surface area contributed by atoms with Crippen LogP contribution in [0.25, 0.3) is 0 Å². The molecule has 0 unspecified atom stereocenters. The van der Waals surface area contributed by atoms with Crippen molar-refractivity contribution in [1.82, 2.24) is 10.3 Å². The Balaban J connectivity index is 2.74. The van der Waals surface area contributed by atoms with Crippen LogP contribution in [0.15, 0.2) is 0 Å². The monoisotopic (exact) mass is 285 g/mol. The average Bonchev–Trinajstić information content (AvgIpc) is 2.56. The maximum Gasteiger partial charge on any atom is 0.413 e. The van der Waals surface area contributed by atoms with Crippen molar-refractivity contribution in [2.45, 2.75) is 33.3 Å². The number of carbonyl (C=O) groups is 2. The quantitative estimate of drug-likeness (QED) is 0.829. The number of aromatic nitrogens is 1. The molecule has 106 valence electrons. The van der Waals surface area contributed by atoms with Crippen LogP contribution in [0.4, 0.5) is 9.93 Å². The van der Waals surface area contributed by atoms with Gasteiger partial charge in [-0.25, -0.2) is 9.78 Å². The molecule has 0 bridgehead atoms. The number of aryl methyl sites for hydroxylation is 1. The first-order chi connectivity index (χ1) is 8.73. The summed E-state index contributed by atoms with van der Waals surface area (Å²) in [5, 5.41) is 5.69. The second-order valence-corrected chi connectivity index (χ2v) is 6.01. The number of rotatable bonds is 4. The molecule has 19 heavy (non-hydrogen) atoms. The number of likely N-dealkylation sites (N-methyl/N-ethyl adjacent to an activating group) is 1. The predicted octanol–water partition coefficient (Wildman–Crippen LogP) is 2.20. The van der Waals surface area contributed by atoms with Gasteiger partial charge in [0.25, 0.3) is 0 Å². The minimum absolute atomic E-state index is 0.0465. The second-order valence-electron chi connectivity index (χ2n) is 5.01. The van der Waals surface area contributed by atoms with E-state index >= 15 is 0 Å². The average molecular weight is 285 g/mol. The first-order valence-electron chi connectivity index (χ1n) is 5.88. The second kappa shape index (κ2) is 6.12. The number of nitrogens with one attached hydrogen (secondary N) is 2. The molecule has 7 heteroatoms. The Labute approximate surface area is 116 Å². The summed E-state index contributed by atoms with van der Waals surface area (Å²) in [6.45, 7) is 7.32. The molecule has 0 atom stereocenters. The normalized spacial score (nSPS) is 11.2. The van der Waals surface area contributed by atoms with Gasteiger partial charge in [-0.2, -0.15) is 0 Å². The van der Waals surface area contributed by atoms with Gasteiger partial charge in [-0.1, -0.05) is 11.3 Å². The van der Waals surface area contributed by atoms with Crippen LogP contribution in [-0.4, -0.2) is 36.1 Å². The van der Waals surface area contributed by atoms with Gasteiger partial charge < -0.3 is 10.1 Å². The zero-order chi connectivity index (χ0) is 14.6. The Hall–Kier alpha value is -1.47. The van der Waals surface area contributed by atoms with Gasteiger partial charge in [-0.3, -0.25) is 10.1 Å². The summed E-state index contributed by atoms with van der Waals surface area (Å²) < 4.78 is 5.12. The topological polar surface area (TPSA) is 80.3 Å². The molecule has 0 radical (unpaired) electrons. The van der Waals surface area contributed by atoms with Gasteiger partial charge >= 0.3 is 6.09 Å². The highest BCUT2D eigenvalue weighted by atomic mass is 32.1. The van der Waals surface area contributed by atoms with Gasteiger partial charge in [-0.15, -0.1) is 0 Å². The smallest absolute Gasteiger partial charge is 0.413 e. The highest BCUT2D eigenvalue weighted by Gasteiger charge is 2.19. The molecule has 2 N–H and O–H groups in total. The Morgan fingerprint density at radius 1 is 1.37 bits per heavy atom. The summed E-state index contributed by atoms with van der Waals surface area (Å²) in [7, 11) is 1.70. The third kappa shape index (κ3) is 4.96. The first kappa shape index (κ1) is 15.6. The minimum atomic E-state index is -0.575. The summed E-state index contributed by atoms with van der Waals surface area (Å²) in [5.74, 6) is -0.0465. The highest BCUT2D eigenvalue weighted by molar-refractivity contribution is 7.17. The summed E-state index contributed by atoms with van der Waals surface area (Å²) in [5.41, 5.74) is 0.0394. The number of Topliss-reactive ketones (excluding diaryl/α,β-unsaturated/α-hetero) is 1. The van der Waals surface area contributed by atoms with E-state index < -0.39 is 11.7 Å². The fraction of sp³-hybridized carbons (Fsp3) is 0.583. The van der Waals surface area contributed by atoms with Gasteiger partial charge in [-0.05, 0) is 34.7 Å². The third-order valence-electron chi connectivity index (χ3n) is 2.00. The molecule has 1 heterocycles. The Kier molecular flexibility index (Phi) is 5.02. The lowest BCUT2D eigenvalue weighted by Gasteiger charge is -2.18. The van der Waals surface area contributed by atoms with Crippen molar-refractivity contribution in [2.75, 3.05) is 18.9 Å². The number of nitrogens with zero attached hydrogens (tertiary/aromatic N) is 1. The van der Waals surface area contributed by atoms with Crippen molar-refractivity contribution in [1.29, 1.82) is 0 Å². The Morgan fingerprint density at radius 2 is 2.00 bits per heavy atom. The molecule has 0 aliphatic rings. The van der Waals surface area contributed by atoms with E-state index in [9.17, 15) is 9.59 Å². The molecule has 0 saturated carbocycles. The lowest BCUT2D eigenvalue weighted by Crippen LogP contribution is -2.27. The molecule has 0 fully saturated rings. The van der Waals surface area contributed by atoms with E-state index in [0.29, 0.717) is 15.7 Å². The van der Waals surface area contributed by atoms with E-state index in [1.807, 2.05) is 0 Å². The zero-order valence-corrected chi connectivity index (χ0v) is 12.6. The molecule has 1 rings (SSSR count). The molecule has 0 spiro atoms. The summed E-state index contributed by atoms with van der Waals surface area (Å²) >= 11 is 1.15. The van der Waals surface area contributed by atoms with Crippen molar-refractivity contribution in [3.63, 3.8) is 0 Å². The lowest BCUT2D eigenvalue weighted by atomic mass is 10.2. The van der Waals surface area contributed by atoms with Crippen LogP contribution in [0.1, 0.15) is 36.1 Å². The van der Waals surface area contributed by atoms with E-state index in [1.165, 1.54) is 0 Å². The van der Waals surface area contributed by atoms with E-state index in [0.717, 1.165) is 11.3 Å². The van der Waals surface area contributed by atoms with Gasteiger partial charge in [0.2, 0.25) is 0 Å². The van der Waals surface area contributed by atoms with E-state index in [-0.39, 0.29) is 12.3 Å². The summed E-state index contributed by atoms with van der Waals surface area (Å²) in [6, 6.07) is 0. The number of thiazole rings is 1. The first-order valence-corrected chi connectivity index (χ1v) is 6.70. The van der Waals surface area contributed by atoms with Crippen molar-refractivity contribution >= 4 is 28.3 Å². The van der Waals surface area contributed by atoms with Crippen LogP contribution in [-0.2, 0) is 4.74 Å². The van der Waals surface area contributed by atoms with Gasteiger partial charge in [0.05, 0.1) is 17.1 Å². The molecule has 1 aromatic rings. The number of ether oxygens (including phenoxy) is 1. The molecule has 0 aromatic carbocycles.